The highest BCUT2D eigenvalue weighted by molar-refractivity contribution is 5.69. The molecule has 0 saturated heterocycles. The molecular formula is C60H118O2. The van der Waals surface area contributed by atoms with Crippen molar-refractivity contribution in [1.82, 2.24) is 0 Å². The van der Waals surface area contributed by atoms with Gasteiger partial charge in [-0.3, -0.25) is 4.79 Å². The molecule has 0 heterocycles. The molecule has 0 aliphatic heterocycles. The number of allylic oxidation sites excluding steroid dienone is 2. The highest BCUT2D eigenvalue weighted by Crippen LogP contribution is 2.18. The first-order valence-electron chi connectivity index (χ1n) is 29.6. The van der Waals surface area contributed by atoms with Crippen molar-refractivity contribution >= 4 is 5.97 Å². The summed E-state index contributed by atoms with van der Waals surface area (Å²) in [6.07, 6.45) is 79.8. The van der Waals surface area contributed by atoms with E-state index < -0.39 is 0 Å². The molecule has 0 fully saturated rings. The lowest BCUT2D eigenvalue weighted by Crippen LogP contribution is -2.05. The molecule has 0 aromatic carbocycles. The fraction of sp³-hybridized carbons (Fsp3) is 0.950. The number of hydrogen-bond donors (Lipinski definition) is 0. The van der Waals surface area contributed by atoms with Crippen molar-refractivity contribution in [1.29, 1.82) is 0 Å². The van der Waals surface area contributed by atoms with E-state index in [9.17, 15) is 4.79 Å². The molecule has 62 heavy (non-hydrogen) atoms. The summed E-state index contributed by atoms with van der Waals surface area (Å²) in [5, 5.41) is 0. The zero-order valence-electron chi connectivity index (χ0n) is 43.4. The third kappa shape index (κ3) is 57.2. The third-order valence-corrected chi connectivity index (χ3v) is 13.9. The SMILES string of the molecule is CCCCCCC=CCCCCCCCCCCCC(=O)OCCCCCCCCCCCCCCCCCCCCCCCCCCCCCCCCCCCCCCCC. The highest BCUT2D eigenvalue weighted by atomic mass is 16.5. The maximum atomic E-state index is 12.1. The zero-order valence-corrected chi connectivity index (χ0v) is 43.4. The maximum absolute atomic E-state index is 12.1. The Labute approximate surface area is 393 Å². The van der Waals surface area contributed by atoms with Crippen molar-refractivity contribution in [3.63, 3.8) is 0 Å². The smallest absolute Gasteiger partial charge is 0.305 e. The van der Waals surface area contributed by atoms with Gasteiger partial charge >= 0.3 is 5.97 Å². The van der Waals surface area contributed by atoms with Gasteiger partial charge in [0.15, 0.2) is 0 Å². The molecule has 0 unspecified atom stereocenters. The van der Waals surface area contributed by atoms with E-state index in [1.54, 1.807) is 0 Å². The molecule has 0 aromatic rings. The lowest BCUT2D eigenvalue weighted by Gasteiger charge is -2.06. The van der Waals surface area contributed by atoms with E-state index in [-0.39, 0.29) is 5.97 Å². The second kappa shape index (κ2) is 58.2. The van der Waals surface area contributed by atoms with Crippen molar-refractivity contribution < 1.29 is 9.53 Å². The minimum atomic E-state index is 0.0292. The van der Waals surface area contributed by atoms with Gasteiger partial charge in [-0.15, -0.1) is 0 Å². The van der Waals surface area contributed by atoms with E-state index in [1.165, 1.54) is 327 Å². The Hall–Kier alpha value is -0.790. The van der Waals surface area contributed by atoms with Crippen LogP contribution in [0.4, 0.5) is 0 Å². The third-order valence-electron chi connectivity index (χ3n) is 13.9. The Kier molecular flexibility index (Phi) is 57.5. The Bertz CT molecular complexity index is 818. The van der Waals surface area contributed by atoms with Crippen LogP contribution in [0.25, 0.3) is 0 Å². The van der Waals surface area contributed by atoms with Crippen LogP contribution in [-0.2, 0) is 9.53 Å². The topological polar surface area (TPSA) is 26.3 Å². The molecule has 2 nitrogen and oxygen atoms in total. The number of esters is 1. The first-order valence-corrected chi connectivity index (χ1v) is 29.6. The van der Waals surface area contributed by atoms with E-state index >= 15 is 0 Å². The van der Waals surface area contributed by atoms with Gasteiger partial charge in [0.25, 0.3) is 0 Å². The largest absolute Gasteiger partial charge is 0.466 e. The molecule has 0 aromatic heterocycles. The van der Waals surface area contributed by atoms with Crippen molar-refractivity contribution in [2.24, 2.45) is 0 Å². The summed E-state index contributed by atoms with van der Waals surface area (Å²) in [6.45, 7) is 5.22. The second-order valence-corrected chi connectivity index (χ2v) is 20.3. The lowest BCUT2D eigenvalue weighted by molar-refractivity contribution is -0.143. The number of carbonyl (C=O) groups is 1. The van der Waals surface area contributed by atoms with Crippen LogP contribution >= 0.6 is 0 Å². The highest BCUT2D eigenvalue weighted by Gasteiger charge is 2.03. The van der Waals surface area contributed by atoms with E-state index in [2.05, 4.69) is 26.0 Å². The van der Waals surface area contributed by atoms with Crippen LogP contribution in [0.5, 0.6) is 0 Å². The average molecular weight is 872 g/mol. The first kappa shape index (κ1) is 61.2. The lowest BCUT2D eigenvalue weighted by atomic mass is 10.0. The second-order valence-electron chi connectivity index (χ2n) is 20.3. The number of rotatable bonds is 56. The van der Waals surface area contributed by atoms with Gasteiger partial charge < -0.3 is 4.74 Å². The van der Waals surface area contributed by atoms with Crippen molar-refractivity contribution in [2.75, 3.05) is 6.61 Å². The zero-order chi connectivity index (χ0) is 44.6. The van der Waals surface area contributed by atoms with Gasteiger partial charge in [0, 0.05) is 6.42 Å². The summed E-state index contributed by atoms with van der Waals surface area (Å²) in [6, 6.07) is 0. The van der Waals surface area contributed by atoms with Crippen LogP contribution in [0.2, 0.25) is 0 Å². The summed E-state index contributed by atoms with van der Waals surface area (Å²) in [4.78, 5) is 12.1. The van der Waals surface area contributed by atoms with Crippen molar-refractivity contribution in [3.05, 3.63) is 12.2 Å². The monoisotopic (exact) mass is 871 g/mol. The molecule has 0 saturated carbocycles. The summed E-state index contributed by atoms with van der Waals surface area (Å²) in [5.74, 6) is 0.0292. The quantitative estimate of drug-likeness (QED) is 0.0346. The summed E-state index contributed by atoms with van der Waals surface area (Å²) >= 11 is 0. The van der Waals surface area contributed by atoms with Crippen LogP contribution in [-0.4, -0.2) is 12.6 Å². The predicted octanol–water partition coefficient (Wildman–Crippen LogP) is 22.2. The van der Waals surface area contributed by atoms with Crippen LogP contribution in [0.3, 0.4) is 0 Å². The fourth-order valence-corrected chi connectivity index (χ4v) is 9.49. The molecule has 0 amide bonds. The molecule has 370 valence electrons. The van der Waals surface area contributed by atoms with E-state index in [4.69, 9.17) is 4.74 Å². The Morgan fingerprint density at radius 1 is 0.258 bits per heavy atom. The first-order chi connectivity index (χ1) is 30.8. The minimum Gasteiger partial charge on any atom is -0.466 e. The van der Waals surface area contributed by atoms with Crippen LogP contribution < -0.4 is 0 Å². The normalized spacial score (nSPS) is 11.7. The van der Waals surface area contributed by atoms with Crippen molar-refractivity contribution in [2.45, 2.75) is 361 Å². The number of unbranched alkanes of at least 4 members (excludes halogenated alkanes) is 50. The number of ether oxygens (including phenoxy) is 1. The van der Waals surface area contributed by atoms with Gasteiger partial charge in [-0.1, -0.05) is 328 Å². The molecule has 0 rings (SSSR count). The molecule has 0 bridgehead atoms. The summed E-state index contributed by atoms with van der Waals surface area (Å²) in [5.41, 5.74) is 0. The molecule has 0 spiro atoms. The van der Waals surface area contributed by atoms with E-state index in [0.29, 0.717) is 13.0 Å². The van der Waals surface area contributed by atoms with Crippen LogP contribution in [0.1, 0.15) is 361 Å². The summed E-state index contributed by atoms with van der Waals surface area (Å²) in [7, 11) is 0. The van der Waals surface area contributed by atoms with Gasteiger partial charge in [-0.25, -0.2) is 0 Å². The average Bonchev–Trinajstić information content (AvgIpc) is 3.28. The molecule has 0 aliphatic rings. The standard InChI is InChI=1S/C60H118O2/c1-3-5-7-9-11-13-15-17-19-21-22-23-24-25-26-27-28-29-30-31-32-33-34-35-36-37-38-39-40-41-43-45-47-49-51-53-55-57-59-62-60(61)58-56-54-52-50-48-46-44-42-20-18-16-14-12-10-8-6-4-2/h14,16H,3-13,15,17-59H2,1-2H3. The van der Waals surface area contributed by atoms with Crippen molar-refractivity contribution in [3.8, 4) is 0 Å². The van der Waals surface area contributed by atoms with E-state index in [1.807, 2.05) is 0 Å². The molecular weight excluding hydrogens is 753 g/mol. The molecule has 0 radical (unpaired) electrons. The van der Waals surface area contributed by atoms with Gasteiger partial charge in [0.05, 0.1) is 6.61 Å². The maximum Gasteiger partial charge on any atom is 0.305 e. The predicted molar refractivity (Wildman–Crippen MR) is 281 cm³/mol. The summed E-state index contributed by atoms with van der Waals surface area (Å²) < 4.78 is 5.50. The molecule has 0 atom stereocenters. The fourth-order valence-electron chi connectivity index (χ4n) is 9.49. The van der Waals surface area contributed by atoms with Crippen LogP contribution in [0, 0.1) is 0 Å². The Morgan fingerprint density at radius 2 is 0.452 bits per heavy atom. The molecule has 2 heteroatoms. The van der Waals surface area contributed by atoms with Gasteiger partial charge in [-0.2, -0.15) is 0 Å². The Balaban J connectivity index is 3.14. The molecule has 0 aliphatic carbocycles. The van der Waals surface area contributed by atoms with Gasteiger partial charge in [0.2, 0.25) is 0 Å². The van der Waals surface area contributed by atoms with Gasteiger partial charge in [-0.05, 0) is 38.5 Å². The molecule has 0 N–H and O–H groups in total. The van der Waals surface area contributed by atoms with Gasteiger partial charge in [0.1, 0.15) is 0 Å². The minimum absolute atomic E-state index is 0.0292. The number of carbonyl (C=O) groups excluding carboxylic acids is 1. The van der Waals surface area contributed by atoms with Crippen LogP contribution in [0.15, 0.2) is 12.2 Å². The Morgan fingerprint density at radius 3 is 0.710 bits per heavy atom. The van der Waals surface area contributed by atoms with E-state index in [0.717, 1.165) is 12.8 Å². The number of hydrogen-bond acceptors (Lipinski definition) is 2.